The Balaban J connectivity index is 2.08. The summed E-state index contributed by atoms with van der Waals surface area (Å²) >= 11 is 0. The molecule has 1 unspecified atom stereocenters. The van der Waals surface area contributed by atoms with E-state index < -0.39 is 11.6 Å². The number of nitrogens with zero attached hydrogens (tertiary/aromatic N) is 1. The highest BCUT2D eigenvalue weighted by Crippen LogP contribution is 2.16. The summed E-state index contributed by atoms with van der Waals surface area (Å²) in [5.41, 5.74) is -0.126. The van der Waals surface area contributed by atoms with Crippen LogP contribution in [-0.4, -0.2) is 43.5 Å². The van der Waals surface area contributed by atoms with E-state index in [0.717, 1.165) is 31.3 Å². The molecule has 0 spiro atoms. The van der Waals surface area contributed by atoms with Gasteiger partial charge in [-0.3, -0.25) is 9.69 Å². The van der Waals surface area contributed by atoms with Crippen LogP contribution >= 0.6 is 0 Å². The van der Waals surface area contributed by atoms with Gasteiger partial charge in [0.15, 0.2) is 0 Å². The smallest absolute Gasteiger partial charge is 0.243 e. The van der Waals surface area contributed by atoms with E-state index in [-0.39, 0.29) is 17.6 Å². The molecule has 0 radical (unpaired) electrons. The van der Waals surface area contributed by atoms with E-state index in [2.05, 4.69) is 10.6 Å². The predicted molar refractivity (Wildman–Crippen MR) is 64.3 cm³/mol. The molecule has 1 aliphatic heterocycles. The van der Waals surface area contributed by atoms with Crippen LogP contribution in [0.25, 0.3) is 0 Å². The number of rotatable bonds is 2. The Labute approximate surface area is 104 Å². The van der Waals surface area contributed by atoms with Crippen molar-refractivity contribution in [2.45, 2.75) is 6.04 Å². The van der Waals surface area contributed by atoms with Crippen LogP contribution in [0.2, 0.25) is 0 Å². The highest BCUT2D eigenvalue weighted by Gasteiger charge is 2.26. The summed E-state index contributed by atoms with van der Waals surface area (Å²) < 4.78 is 26.4. The molecular formula is C12H15F2N3O. The number of carbonyl (C=O) groups is 1. The summed E-state index contributed by atoms with van der Waals surface area (Å²) in [5.74, 6) is -1.56. The first-order valence-electron chi connectivity index (χ1n) is 5.75. The van der Waals surface area contributed by atoms with Gasteiger partial charge in [0.1, 0.15) is 17.7 Å². The molecule has 0 saturated carbocycles. The van der Waals surface area contributed by atoms with Crippen molar-refractivity contribution in [3.63, 3.8) is 0 Å². The van der Waals surface area contributed by atoms with Crippen molar-refractivity contribution in [3.05, 3.63) is 29.8 Å². The van der Waals surface area contributed by atoms with Crippen LogP contribution in [0, 0.1) is 11.6 Å². The molecule has 4 nitrogen and oxygen atoms in total. The number of hydrogen-bond donors (Lipinski definition) is 2. The zero-order valence-electron chi connectivity index (χ0n) is 10.0. The largest absolute Gasteiger partial charge is 0.322 e. The first kappa shape index (κ1) is 12.9. The summed E-state index contributed by atoms with van der Waals surface area (Å²) in [6.07, 6.45) is 0. The van der Waals surface area contributed by atoms with Crippen molar-refractivity contribution in [2.75, 3.05) is 32.0 Å². The molecule has 0 aliphatic carbocycles. The van der Waals surface area contributed by atoms with Gasteiger partial charge in [0, 0.05) is 25.7 Å². The lowest BCUT2D eigenvalue weighted by molar-refractivity contribution is -0.121. The van der Waals surface area contributed by atoms with Crippen LogP contribution in [0.3, 0.4) is 0 Å². The molecule has 0 bridgehead atoms. The monoisotopic (exact) mass is 255 g/mol. The van der Waals surface area contributed by atoms with E-state index in [1.165, 1.54) is 0 Å². The number of benzene rings is 1. The molecule has 1 aromatic rings. The van der Waals surface area contributed by atoms with Gasteiger partial charge in [-0.25, -0.2) is 8.78 Å². The van der Waals surface area contributed by atoms with Crippen LogP contribution in [0.15, 0.2) is 18.2 Å². The second kappa shape index (κ2) is 5.41. The number of piperazine rings is 1. The standard InChI is InChI=1S/C12H15F2N3O/c1-17-5-4-15-7-11(17)12(18)16-10-6-8(13)2-3-9(10)14/h2-3,6,11,15H,4-5,7H2,1H3,(H,16,18). The Morgan fingerprint density at radius 1 is 1.50 bits per heavy atom. The number of anilines is 1. The lowest BCUT2D eigenvalue weighted by atomic mass is 10.2. The molecule has 1 atom stereocenters. The van der Waals surface area contributed by atoms with Gasteiger partial charge in [0.25, 0.3) is 0 Å². The Bertz CT molecular complexity index is 453. The van der Waals surface area contributed by atoms with Crippen LogP contribution in [0.4, 0.5) is 14.5 Å². The molecule has 1 aliphatic rings. The Morgan fingerprint density at radius 2 is 2.28 bits per heavy atom. The minimum atomic E-state index is -0.642. The zero-order chi connectivity index (χ0) is 13.1. The third-order valence-electron chi connectivity index (χ3n) is 3.00. The van der Waals surface area contributed by atoms with E-state index in [9.17, 15) is 13.6 Å². The Hall–Kier alpha value is -1.53. The van der Waals surface area contributed by atoms with Crippen molar-refractivity contribution in [1.82, 2.24) is 10.2 Å². The summed E-state index contributed by atoms with van der Waals surface area (Å²) in [7, 11) is 1.83. The maximum absolute atomic E-state index is 13.4. The number of hydrogen-bond acceptors (Lipinski definition) is 3. The van der Waals surface area contributed by atoms with Crippen molar-refractivity contribution >= 4 is 11.6 Å². The average Bonchev–Trinajstić information content (AvgIpc) is 2.34. The highest BCUT2D eigenvalue weighted by atomic mass is 19.1. The number of amides is 1. The van der Waals surface area contributed by atoms with Crippen molar-refractivity contribution in [2.24, 2.45) is 0 Å². The summed E-state index contributed by atoms with van der Waals surface area (Å²) in [4.78, 5) is 13.8. The molecule has 2 N–H and O–H groups in total. The van der Waals surface area contributed by atoms with Gasteiger partial charge in [0.2, 0.25) is 5.91 Å². The van der Waals surface area contributed by atoms with E-state index >= 15 is 0 Å². The molecule has 2 rings (SSSR count). The summed E-state index contributed by atoms with van der Waals surface area (Å²) in [6, 6.07) is 2.61. The van der Waals surface area contributed by atoms with Gasteiger partial charge < -0.3 is 10.6 Å². The number of nitrogens with one attached hydrogen (secondary N) is 2. The fraction of sp³-hybridized carbons (Fsp3) is 0.417. The maximum atomic E-state index is 13.4. The molecular weight excluding hydrogens is 240 g/mol. The molecule has 6 heteroatoms. The molecule has 1 heterocycles. The van der Waals surface area contributed by atoms with Gasteiger partial charge in [0.05, 0.1) is 5.69 Å². The van der Waals surface area contributed by atoms with E-state index in [1.54, 1.807) is 0 Å². The SMILES string of the molecule is CN1CCNCC1C(=O)Nc1cc(F)ccc1F. The van der Waals surface area contributed by atoms with Crippen LogP contribution in [0.5, 0.6) is 0 Å². The van der Waals surface area contributed by atoms with Gasteiger partial charge in [-0.1, -0.05) is 0 Å². The van der Waals surface area contributed by atoms with Crippen LogP contribution in [0.1, 0.15) is 0 Å². The average molecular weight is 255 g/mol. The minimum Gasteiger partial charge on any atom is -0.322 e. The Morgan fingerprint density at radius 3 is 3.00 bits per heavy atom. The minimum absolute atomic E-state index is 0.126. The lowest BCUT2D eigenvalue weighted by Crippen LogP contribution is -2.54. The van der Waals surface area contributed by atoms with Crippen LogP contribution < -0.4 is 10.6 Å². The second-order valence-electron chi connectivity index (χ2n) is 4.31. The first-order chi connectivity index (χ1) is 8.58. The third kappa shape index (κ3) is 2.83. The zero-order valence-corrected chi connectivity index (χ0v) is 10.0. The summed E-state index contributed by atoms with van der Waals surface area (Å²) in [5, 5.41) is 5.50. The molecule has 1 aromatic carbocycles. The van der Waals surface area contributed by atoms with Gasteiger partial charge in [-0.15, -0.1) is 0 Å². The normalized spacial score (nSPS) is 20.7. The van der Waals surface area contributed by atoms with Crippen molar-refractivity contribution in [3.8, 4) is 0 Å². The number of likely N-dealkylation sites (N-methyl/N-ethyl adjacent to an activating group) is 1. The molecule has 1 amide bonds. The Kier molecular flexibility index (Phi) is 3.88. The molecule has 1 saturated heterocycles. The van der Waals surface area contributed by atoms with Gasteiger partial charge >= 0.3 is 0 Å². The predicted octanol–water partition coefficient (Wildman–Crippen LogP) is 0.807. The third-order valence-corrected chi connectivity index (χ3v) is 3.00. The van der Waals surface area contributed by atoms with Crippen molar-refractivity contribution in [1.29, 1.82) is 0 Å². The molecule has 18 heavy (non-hydrogen) atoms. The fourth-order valence-electron chi connectivity index (χ4n) is 1.91. The fourth-order valence-corrected chi connectivity index (χ4v) is 1.91. The van der Waals surface area contributed by atoms with Gasteiger partial charge in [-0.2, -0.15) is 0 Å². The number of carbonyl (C=O) groups excluding carboxylic acids is 1. The molecule has 1 fully saturated rings. The van der Waals surface area contributed by atoms with E-state index in [0.29, 0.717) is 6.54 Å². The van der Waals surface area contributed by atoms with Crippen LogP contribution in [-0.2, 0) is 4.79 Å². The maximum Gasteiger partial charge on any atom is 0.243 e. The second-order valence-corrected chi connectivity index (χ2v) is 4.31. The quantitative estimate of drug-likeness (QED) is 0.822. The highest BCUT2D eigenvalue weighted by molar-refractivity contribution is 5.95. The van der Waals surface area contributed by atoms with Crippen molar-refractivity contribution < 1.29 is 13.6 Å². The number of halogens is 2. The topological polar surface area (TPSA) is 44.4 Å². The van der Waals surface area contributed by atoms with Gasteiger partial charge in [-0.05, 0) is 19.2 Å². The van der Waals surface area contributed by atoms with E-state index in [1.807, 2.05) is 11.9 Å². The van der Waals surface area contributed by atoms with E-state index in [4.69, 9.17) is 0 Å². The lowest BCUT2D eigenvalue weighted by Gasteiger charge is -2.31. The first-order valence-corrected chi connectivity index (χ1v) is 5.75. The molecule has 98 valence electrons. The molecule has 0 aromatic heterocycles. The summed E-state index contributed by atoms with van der Waals surface area (Å²) in [6.45, 7) is 2.05.